The molecular formula is C16H18N2O3S. The summed E-state index contributed by atoms with van der Waals surface area (Å²) in [5.74, 6) is -0.492. The van der Waals surface area contributed by atoms with Crippen LogP contribution in [0.4, 0.5) is 0 Å². The molecule has 0 aromatic heterocycles. The van der Waals surface area contributed by atoms with E-state index < -0.39 is 21.8 Å². The summed E-state index contributed by atoms with van der Waals surface area (Å²) in [5.41, 5.74) is 1.92. The average molecular weight is 318 g/mol. The van der Waals surface area contributed by atoms with Crippen LogP contribution in [0.3, 0.4) is 0 Å². The number of amides is 1. The highest BCUT2D eigenvalue weighted by molar-refractivity contribution is 7.91. The topological polar surface area (TPSA) is 87.0 Å². The van der Waals surface area contributed by atoms with Crippen LogP contribution in [0.15, 0.2) is 29.8 Å². The van der Waals surface area contributed by atoms with Crippen molar-refractivity contribution >= 4 is 21.8 Å². The summed E-state index contributed by atoms with van der Waals surface area (Å²) in [6.45, 7) is 2.05. The van der Waals surface area contributed by atoms with E-state index in [0.29, 0.717) is 6.42 Å². The van der Waals surface area contributed by atoms with Crippen molar-refractivity contribution in [3.05, 3.63) is 41.0 Å². The zero-order valence-electron chi connectivity index (χ0n) is 12.4. The number of nitrogens with zero attached hydrogens (tertiary/aromatic N) is 1. The number of benzene rings is 1. The molecule has 1 amide bonds. The van der Waals surface area contributed by atoms with Gasteiger partial charge < -0.3 is 5.32 Å². The molecule has 0 radical (unpaired) electrons. The third-order valence-corrected chi connectivity index (χ3v) is 5.40. The van der Waals surface area contributed by atoms with E-state index in [1.165, 1.54) is 11.6 Å². The van der Waals surface area contributed by atoms with Crippen LogP contribution in [-0.4, -0.2) is 31.9 Å². The Bertz CT molecular complexity index is 728. The normalized spacial score (nSPS) is 20.4. The maximum Gasteiger partial charge on any atom is 0.262 e. The van der Waals surface area contributed by atoms with Crippen molar-refractivity contribution in [1.29, 1.82) is 5.26 Å². The van der Waals surface area contributed by atoms with Crippen LogP contribution in [0.2, 0.25) is 0 Å². The molecule has 1 N–H and O–H groups in total. The number of aryl methyl sites for hydroxylation is 1. The summed E-state index contributed by atoms with van der Waals surface area (Å²) in [4.78, 5) is 12.1. The Balaban J connectivity index is 2.08. The van der Waals surface area contributed by atoms with Gasteiger partial charge in [-0.3, -0.25) is 4.79 Å². The molecule has 5 nitrogen and oxygen atoms in total. The van der Waals surface area contributed by atoms with E-state index in [2.05, 4.69) is 12.2 Å². The van der Waals surface area contributed by atoms with Gasteiger partial charge in [-0.05, 0) is 30.0 Å². The molecule has 116 valence electrons. The molecule has 2 rings (SSSR count). The van der Waals surface area contributed by atoms with Gasteiger partial charge in [0, 0.05) is 6.04 Å². The number of sulfone groups is 1. The van der Waals surface area contributed by atoms with Gasteiger partial charge >= 0.3 is 0 Å². The van der Waals surface area contributed by atoms with Crippen molar-refractivity contribution in [2.24, 2.45) is 0 Å². The predicted molar refractivity (Wildman–Crippen MR) is 84.6 cm³/mol. The van der Waals surface area contributed by atoms with Gasteiger partial charge in [0.25, 0.3) is 5.91 Å². The lowest BCUT2D eigenvalue weighted by Gasteiger charge is -2.09. The van der Waals surface area contributed by atoms with Gasteiger partial charge in [0.2, 0.25) is 0 Å². The zero-order valence-corrected chi connectivity index (χ0v) is 13.2. The van der Waals surface area contributed by atoms with Gasteiger partial charge in [0.1, 0.15) is 11.6 Å². The van der Waals surface area contributed by atoms with Crippen molar-refractivity contribution in [3.8, 4) is 6.07 Å². The number of nitrogens with one attached hydrogen (secondary N) is 1. The first-order chi connectivity index (χ1) is 10.4. The van der Waals surface area contributed by atoms with E-state index in [1.54, 1.807) is 0 Å². The van der Waals surface area contributed by atoms with Crippen LogP contribution < -0.4 is 5.32 Å². The SMILES string of the molecule is CCc1ccc(C=C(C#N)C(=O)NC2CCS(=O)(=O)C2)cc1. The molecule has 0 aliphatic carbocycles. The number of carbonyl (C=O) groups is 1. The Morgan fingerprint density at radius 2 is 2.09 bits per heavy atom. The summed E-state index contributed by atoms with van der Waals surface area (Å²) in [5, 5.41) is 11.8. The first kappa shape index (κ1) is 16.2. The number of nitriles is 1. The molecule has 0 saturated carbocycles. The second-order valence-corrected chi connectivity index (χ2v) is 7.57. The molecule has 6 heteroatoms. The molecule has 0 spiro atoms. The Labute approximate surface area is 130 Å². The van der Waals surface area contributed by atoms with E-state index in [4.69, 9.17) is 5.26 Å². The zero-order chi connectivity index (χ0) is 16.2. The van der Waals surface area contributed by atoms with Crippen molar-refractivity contribution in [3.63, 3.8) is 0 Å². The van der Waals surface area contributed by atoms with Gasteiger partial charge in [-0.2, -0.15) is 5.26 Å². The van der Waals surface area contributed by atoms with Crippen molar-refractivity contribution in [2.75, 3.05) is 11.5 Å². The van der Waals surface area contributed by atoms with Crippen molar-refractivity contribution in [2.45, 2.75) is 25.8 Å². The van der Waals surface area contributed by atoms with Crippen LogP contribution in [0, 0.1) is 11.3 Å². The van der Waals surface area contributed by atoms with Gasteiger partial charge in [0.15, 0.2) is 9.84 Å². The second-order valence-electron chi connectivity index (χ2n) is 5.34. The molecule has 1 fully saturated rings. The molecule has 1 aromatic carbocycles. The summed E-state index contributed by atoms with van der Waals surface area (Å²) < 4.78 is 22.8. The Morgan fingerprint density at radius 3 is 2.59 bits per heavy atom. The quantitative estimate of drug-likeness (QED) is 0.672. The molecule has 0 bridgehead atoms. The lowest BCUT2D eigenvalue weighted by atomic mass is 10.1. The minimum Gasteiger partial charge on any atom is -0.348 e. The van der Waals surface area contributed by atoms with Gasteiger partial charge in [-0.1, -0.05) is 31.2 Å². The Morgan fingerprint density at radius 1 is 1.41 bits per heavy atom. The van der Waals surface area contributed by atoms with Crippen molar-refractivity contribution < 1.29 is 13.2 Å². The molecule has 1 heterocycles. The maximum atomic E-state index is 12.1. The van der Waals surface area contributed by atoms with E-state index in [0.717, 1.165) is 12.0 Å². The minimum atomic E-state index is -3.06. The van der Waals surface area contributed by atoms with Crippen LogP contribution in [0.5, 0.6) is 0 Å². The number of hydrogen-bond acceptors (Lipinski definition) is 4. The molecule has 1 atom stereocenters. The van der Waals surface area contributed by atoms with Crippen LogP contribution in [0.1, 0.15) is 24.5 Å². The molecule has 1 aromatic rings. The molecule has 1 unspecified atom stereocenters. The highest BCUT2D eigenvalue weighted by Crippen LogP contribution is 2.13. The van der Waals surface area contributed by atoms with E-state index in [1.807, 2.05) is 30.3 Å². The van der Waals surface area contributed by atoms with Gasteiger partial charge in [0.05, 0.1) is 11.5 Å². The van der Waals surface area contributed by atoms with E-state index in [9.17, 15) is 13.2 Å². The van der Waals surface area contributed by atoms with Crippen LogP contribution >= 0.6 is 0 Å². The van der Waals surface area contributed by atoms with Gasteiger partial charge in [-0.25, -0.2) is 8.42 Å². The molecule has 1 aliphatic rings. The summed E-state index contributed by atoms with van der Waals surface area (Å²) in [6, 6.07) is 9.06. The van der Waals surface area contributed by atoms with Crippen LogP contribution in [0.25, 0.3) is 6.08 Å². The molecule has 22 heavy (non-hydrogen) atoms. The number of hydrogen-bond donors (Lipinski definition) is 1. The highest BCUT2D eigenvalue weighted by atomic mass is 32.2. The molecule has 1 aliphatic heterocycles. The van der Waals surface area contributed by atoms with Crippen molar-refractivity contribution in [1.82, 2.24) is 5.32 Å². The number of rotatable bonds is 4. The van der Waals surface area contributed by atoms with E-state index in [-0.39, 0.29) is 17.1 Å². The third-order valence-electron chi connectivity index (χ3n) is 3.63. The lowest BCUT2D eigenvalue weighted by molar-refractivity contribution is -0.117. The first-order valence-electron chi connectivity index (χ1n) is 7.15. The lowest BCUT2D eigenvalue weighted by Crippen LogP contribution is -2.36. The fraction of sp³-hybridized carbons (Fsp3) is 0.375. The summed E-state index contributed by atoms with van der Waals surface area (Å²) in [6.07, 6.45) is 2.84. The Kier molecular flexibility index (Phi) is 4.99. The fourth-order valence-corrected chi connectivity index (χ4v) is 4.01. The Hall–Kier alpha value is -2.13. The standard InChI is InChI=1S/C16H18N2O3S/c1-2-12-3-5-13(6-4-12)9-14(10-17)16(19)18-15-7-8-22(20,21)11-15/h3-6,9,15H,2,7-8,11H2,1H3,(H,18,19). The molecule has 1 saturated heterocycles. The second kappa shape index (κ2) is 6.75. The first-order valence-corrected chi connectivity index (χ1v) is 8.97. The number of carbonyl (C=O) groups excluding carboxylic acids is 1. The largest absolute Gasteiger partial charge is 0.348 e. The summed E-state index contributed by atoms with van der Waals surface area (Å²) in [7, 11) is -3.06. The smallest absolute Gasteiger partial charge is 0.262 e. The third kappa shape index (κ3) is 4.18. The van der Waals surface area contributed by atoms with Crippen LogP contribution in [-0.2, 0) is 21.1 Å². The summed E-state index contributed by atoms with van der Waals surface area (Å²) >= 11 is 0. The highest BCUT2D eigenvalue weighted by Gasteiger charge is 2.29. The van der Waals surface area contributed by atoms with Gasteiger partial charge in [-0.15, -0.1) is 0 Å². The monoisotopic (exact) mass is 318 g/mol. The molecular weight excluding hydrogens is 300 g/mol. The average Bonchev–Trinajstić information content (AvgIpc) is 2.84. The maximum absolute atomic E-state index is 12.1. The fourth-order valence-electron chi connectivity index (χ4n) is 2.34. The predicted octanol–water partition coefficient (Wildman–Crippen LogP) is 1.46. The minimum absolute atomic E-state index is 0.0199. The van der Waals surface area contributed by atoms with E-state index >= 15 is 0 Å².